The van der Waals surface area contributed by atoms with Crippen molar-refractivity contribution < 1.29 is 13.5 Å². The summed E-state index contributed by atoms with van der Waals surface area (Å²) < 4.78 is 30.9. The Balaban J connectivity index is 2.37. The molecule has 4 heteroatoms. The van der Waals surface area contributed by atoms with Gasteiger partial charge in [-0.05, 0) is 19.9 Å². The average Bonchev–Trinajstić information content (AvgIpc) is 2.16. The highest BCUT2D eigenvalue weighted by Gasteiger charge is 2.03. The molecular formula is C12H17F2NO. The first-order valence-electron chi connectivity index (χ1n) is 5.44. The molecule has 0 spiro atoms. The van der Waals surface area contributed by atoms with Gasteiger partial charge in [0.2, 0.25) is 0 Å². The van der Waals surface area contributed by atoms with Crippen molar-refractivity contribution in [3.8, 4) is 5.75 Å². The molecule has 0 saturated heterocycles. The second kappa shape index (κ2) is 6.43. The SMILES string of the molecule is CCNC(C)CCOc1cc(F)cc(F)c1. The molecule has 0 amide bonds. The van der Waals surface area contributed by atoms with Crippen molar-refractivity contribution in [3.05, 3.63) is 29.8 Å². The minimum absolute atomic E-state index is 0.237. The Hall–Kier alpha value is -1.16. The highest BCUT2D eigenvalue weighted by molar-refractivity contribution is 5.23. The van der Waals surface area contributed by atoms with E-state index >= 15 is 0 Å². The van der Waals surface area contributed by atoms with Crippen LogP contribution in [0.3, 0.4) is 0 Å². The summed E-state index contributed by atoms with van der Waals surface area (Å²) in [5.41, 5.74) is 0. The molecule has 0 aliphatic heterocycles. The van der Waals surface area contributed by atoms with E-state index in [1.807, 2.05) is 13.8 Å². The minimum atomic E-state index is -0.616. The maximum Gasteiger partial charge on any atom is 0.129 e. The van der Waals surface area contributed by atoms with Crippen LogP contribution in [-0.2, 0) is 0 Å². The van der Waals surface area contributed by atoms with E-state index in [1.165, 1.54) is 12.1 Å². The van der Waals surface area contributed by atoms with Crippen molar-refractivity contribution in [1.29, 1.82) is 0 Å². The molecule has 0 radical (unpaired) electrons. The second-order valence-electron chi connectivity index (χ2n) is 3.70. The Morgan fingerprint density at radius 2 is 1.88 bits per heavy atom. The molecule has 90 valence electrons. The van der Waals surface area contributed by atoms with Gasteiger partial charge < -0.3 is 10.1 Å². The van der Waals surface area contributed by atoms with Gasteiger partial charge in [-0.25, -0.2) is 8.78 Å². The lowest BCUT2D eigenvalue weighted by Gasteiger charge is -2.12. The molecule has 1 rings (SSSR count). The number of halogens is 2. The molecule has 0 fully saturated rings. The lowest BCUT2D eigenvalue weighted by atomic mass is 10.2. The average molecular weight is 229 g/mol. The van der Waals surface area contributed by atoms with Crippen LogP contribution in [0.25, 0.3) is 0 Å². The van der Waals surface area contributed by atoms with Crippen LogP contribution in [0.1, 0.15) is 20.3 Å². The molecule has 1 aromatic carbocycles. The van der Waals surface area contributed by atoms with Crippen molar-refractivity contribution in [1.82, 2.24) is 5.32 Å². The topological polar surface area (TPSA) is 21.3 Å². The molecular weight excluding hydrogens is 212 g/mol. The number of nitrogens with one attached hydrogen (secondary N) is 1. The Bertz CT molecular complexity index is 311. The normalized spacial score (nSPS) is 12.5. The summed E-state index contributed by atoms with van der Waals surface area (Å²) in [6.45, 7) is 5.41. The lowest BCUT2D eigenvalue weighted by Crippen LogP contribution is -2.27. The van der Waals surface area contributed by atoms with E-state index in [2.05, 4.69) is 5.32 Å². The van der Waals surface area contributed by atoms with Gasteiger partial charge in [-0.3, -0.25) is 0 Å². The molecule has 1 N–H and O–H groups in total. The summed E-state index contributed by atoms with van der Waals surface area (Å²) >= 11 is 0. The first-order chi connectivity index (χ1) is 7.61. The van der Waals surface area contributed by atoms with E-state index in [9.17, 15) is 8.78 Å². The van der Waals surface area contributed by atoms with Gasteiger partial charge in [0.15, 0.2) is 0 Å². The maximum atomic E-state index is 12.8. The predicted molar refractivity (Wildman–Crippen MR) is 59.6 cm³/mol. The van der Waals surface area contributed by atoms with Gasteiger partial charge in [-0.15, -0.1) is 0 Å². The minimum Gasteiger partial charge on any atom is -0.493 e. The molecule has 2 nitrogen and oxygen atoms in total. The van der Waals surface area contributed by atoms with E-state index in [0.29, 0.717) is 12.6 Å². The Kier molecular flexibility index (Phi) is 5.19. The monoisotopic (exact) mass is 229 g/mol. The van der Waals surface area contributed by atoms with Crippen LogP contribution in [0.2, 0.25) is 0 Å². The molecule has 0 heterocycles. The van der Waals surface area contributed by atoms with Crippen molar-refractivity contribution in [3.63, 3.8) is 0 Å². The Morgan fingerprint density at radius 1 is 1.25 bits per heavy atom. The van der Waals surface area contributed by atoms with Crippen LogP contribution in [0.15, 0.2) is 18.2 Å². The standard InChI is InChI=1S/C12H17F2NO/c1-3-15-9(2)4-5-16-12-7-10(13)6-11(14)8-12/h6-9,15H,3-5H2,1-2H3. The van der Waals surface area contributed by atoms with Gasteiger partial charge >= 0.3 is 0 Å². The molecule has 1 aromatic rings. The second-order valence-corrected chi connectivity index (χ2v) is 3.70. The van der Waals surface area contributed by atoms with Crippen molar-refractivity contribution in [2.75, 3.05) is 13.2 Å². The first-order valence-corrected chi connectivity index (χ1v) is 5.44. The number of rotatable bonds is 6. The molecule has 0 aliphatic rings. The fourth-order valence-corrected chi connectivity index (χ4v) is 1.42. The fourth-order valence-electron chi connectivity index (χ4n) is 1.42. The molecule has 1 atom stereocenters. The third-order valence-corrected chi connectivity index (χ3v) is 2.21. The van der Waals surface area contributed by atoms with E-state index in [0.717, 1.165) is 19.0 Å². The fraction of sp³-hybridized carbons (Fsp3) is 0.500. The van der Waals surface area contributed by atoms with Gasteiger partial charge in [-0.1, -0.05) is 6.92 Å². The van der Waals surface area contributed by atoms with Crippen molar-refractivity contribution in [2.45, 2.75) is 26.3 Å². The van der Waals surface area contributed by atoms with Crippen LogP contribution < -0.4 is 10.1 Å². The van der Waals surface area contributed by atoms with Crippen molar-refractivity contribution in [2.24, 2.45) is 0 Å². The molecule has 0 aromatic heterocycles. The van der Waals surface area contributed by atoms with Crippen LogP contribution in [0.4, 0.5) is 8.78 Å². The Morgan fingerprint density at radius 3 is 2.44 bits per heavy atom. The summed E-state index contributed by atoms with van der Waals surface area (Å²) in [7, 11) is 0. The number of hydrogen-bond acceptors (Lipinski definition) is 2. The van der Waals surface area contributed by atoms with Crippen LogP contribution in [-0.4, -0.2) is 19.2 Å². The van der Waals surface area contributed by atoms with Crippen LogP contribution in [0, 0.1) is 11.6 Å². The summed E-state index contributed by atoms with van der Waals surface area (Å²) in [5.74, 6) is -0.995. The molecule has 0 saturated carbocycles. The quantitative estimate of drug-likeness (QED) is 0.809. The number of benzene rings is 1. The largest absolute Gasteiger partial charge is 0.493 e. The van der Waals surface area contributed by atoms with E-state index in [1.54, 1.807) is 0 Å². The highest BCUT2D eigenvalue weighted by Crippen LogP contribution is 2.15. The first kappa shape index (κ1) is 12.9. The van der Waals surface area contributed by atoms with E-state index in [-0.39, 0.29) is 5.75 Å². The summed E-state index contributed by atoms with van der Waals surface area (Å²) in [4.78, 5) is 0. The van der Waals surface area contributed by atoms with Gasteiger partial charge in [0.25, 0.3) is 0 Å². The third-order valence-electron chi connectivity index (χ3n) is 2.21. The number of hydrogen-bond donors (Lipinski definition) is 1. The number of ether oxygens (including phenoxy) is 1. The zero-order valence-electron chi connectivity index (χ0n) is 9.59. The van der Waals surface area contributed by atoms with E-state index in [4.69, 9.17) is 4.74 Å². The van der Waals surface area contributed by atoms with Gasteiger partial charge in [0, 0.05) is 24.2 Å². The van der Waals surface area contributed by atoms with Crippen LogP contribution in [0.5, 0.6) is 5.75 Å². The molecule has 0 aliphatic carbocycles. The predicted octanol–water partition coefficient (Wildman–Crippen LogP) is 2.73. The van der Waals surface area contributed by atoms with E-state index < -0.39 is 11.6 Å². The van der Waals surface area contributed by atoms with Gasteiger partial charge in [0.05, 0.1) is 6.61 Å². The maximum absolute atomic E-state index is 12.8. The van der Waals surface area contributed by atoms with Gasteiger partial charge in [0.1, 0.15) is 17.4 Å². The summed E-state index contributed by atoms with van der Waals surface area (Å²) in [6, 6.07) is 3.53. The third kappa shape index (κ3) is 4.57. The smallest absolute Gasteiger partial charge is 0.129 e. The van der Waals surface area contributed by atoms with Crippen molar-refractivity contribution >= 4 is 0 Å². The highest BCUT2D eigenvalue weighted by atomic mass is 19.1. The van der Waals surface area contributed by atoms with Crippen LogP contribution >= 0.6 is 0 Å². The summed E-state index contributed by atoms with van der Waals surface area (Å²) in [6.07, 6.45) is 0.798. The molecule has 16 heavy (non-hydrogen) atoms. The molecule has 0 bridgehead atoms. The zero-order valence-corrected chi connectivity index (χ0v) is 9.59. The molecule has 1 unspecified atom stereocenters. The zero-order chi connectivity index (χ0) is 12.0. The van der Waals surface area contributed by atoms with Gasteiger partial charge in [-0.2, -0.15) is 0 Å². The lowest BCUT2D eigenvalue weighted by molar-refractivity contribution is 0.288. The summed E-state index contributed by atoms with van der Waals surface area (Å²) in [5, 5.41) is 3.23. The Labute approximate surface area is 94.6 Å².